The largest absolute Gasteiger partial charge is 0.344 e. The van der Waals surface area contributed by atoms with Gasteiger partial charge < -0.3 is 10.6 Å². The number of aryl methyl sites for hydroxylation is 2. The van der Waals surface area contributed by atoms with Gasteiger partial charge in [0.25, 0.3) is 0 Å². The minimum Gasteiger partial charge on any atom is -0.344 e. The minimum atomic E-state index is -0.444. The first-order valence-corrected chi connectivity index (χ1v) is 7.98. The van der Waals surface area contributed by atoms with E-state index in [2.05, 4.69) is 47.7 Å². The van der Waals surface area contributed by atoms with E-state index >= 15 is 0 Å². The van der Waals surface area contributed by atoms with Gasteiger partial charge in [-0.2, -0.15) is 0 Å². The molecule has 0 aliphatic carbocycles. The fraction of sp³-hybridized carbons (Fsp3) is 0.312. The van der Waals surface area contributed by atoms with Crippen LogP contribution in [0.3, 0.4) is 0 Å². The van der Waals surface area contributed by atoms with Crippen molar-refractivity contribution in [2.75, 3.05) is 5.32 Å². The summed E-state index contributed by atoms with van der Waals surface area (Å²) in [5.74, 6) is -0.275. The maximum Gasteiger partial charge on any atom is 0.248 e. The Morgan fingerprint density at radius 2 is 2.23 bits per heavy atom. The van der Waals surface area contributed by atoms with Gasteiger partial charge in [-0.1, -0.05) is 35.1 Å². The third-order valence-corrected chi connectivity index (χ3v) is 4.64. The quantitative estimate of drug-likeness (QED) is 0.914. The lowest BCUT2D eigenvalue weighted by atomic mass is 10.1. The highest BCUT2D eigenvalue weighted by Crippen LogP contribution is 2.31. The highest BCUT2D eigenvalue weighted by Gasteiger charge is 2.27. The molecule has 22 heavy (non-hydrogen) atoms. The van der Waals surface area contributed by atoms with Crippen molar-refractivity contribution in [3.05, 3.63) is 35.5 Å². The fourth-order valence-electron chi connectivity index (χ4n) is 2.55. The van der Waals surface area contributed by atoms with Gasteiger partial charge in [0.05, 0.1) is 4.88 Å². The Labute approximate surface area is 132 Å². The molecule has 114 valence electrons. The van der Waals surface area contributed by atoms with Crippen LogP contribution in [0.25, 0.3) is 10.4 Å². The topological polar surface area (TPSA) is 71.1 Å². The molecule has 5 nitrogen and oxygen atoms in total. The number of rotatable bonds is 3. The SMILES string of the molecule is Cc1ccc(-c2cnc(NC(=O)[C@H]3CCC(=O)N3)s2)c(C)c1. The molecule has 0 unspecified atom stereocenters. The molecule has 1 fully saturated rings. The first kappa shape index (κ1) is 14.7. The Balaban J connectivity index is 1.73. The number of carbonyl (C=O) groups is 2. The van der Waals surface area contributed by atoms with E-state index in [0.717, 1.165) is 10.4 Å². The number of nitrogens with zero attached hydrogens (tertiary/aromatic N) is 1. The molecule has 1 aromatic heterocycles. The van der Waals surface area contributed by atoms with E-state index in [-0.39, 0.29) is 11.8 Å². The number of nitrogens with one attached hydrogen (secondary N) is 2. The van der Waals surface area contributed by atoms with E-state index in [4.69, 9.17) is 0 Å². The second-order valence-electron chi connectivity index (χ2n) is 5.50. The van der Waals surface area contributed by atoms with Crippen molar-refractivity contribution >= 4 is 28.3 Å². The smallest absolute Gasteiger partial charge is 0.248 e. The van der Waals surface area contributed by atoms with E-state index in [1.54, 1.807) is 6.20 Å². The molecule has 1 saturated heterocycles. The average molecular weight is 315 g/mol. The molecule has 2 amide bonds. The van der Waals surface area contributed by atoms with Crippen LogP contribution in [0.1, 0.15) is 24.0 Å². The van der Waals surface area contributed by atoms with Crippen LogP contribution in [-0.4, -0.2) is 22.8 Å². The van der Waals surface area contributed by atoms with Crippen molar-refractivity contribution in [2.45, 2.75) is 32.7 Å². The summed E-state index contributed by atoms with van der Waals surface area (Å²) < 4.78 is 0. The molecule has 1 aliphatic rings. The lowest BCUT2D eigenvalue weighted by Crippen LogP contribution is -2.37. The number of amides is 2. The molecule has 2 aromatic rings. The molecule has 6 heteroatoms. The summed E-state index contributed by atoms with van der Waals surface area (Å²) in [6.45, 7) is 4.12. The van der Waals surface area contributed by atoms with Crippen LogP contribution in [0, 0.1) is 13.8 Å². The Morgan fingerprint density at radius 3 is 2.91 bits per heavy atom. The van der Waals surface area contributed by atoms with Crippen LogP contribution >= 0.6 is 11.3 Å². The predicted molar refractivity (Wildman–Crippen MR) is 86.8 cm³/mol. The molecule has 2 heterocycles. The molecule has 0 bridgehead atoms. The summed E-state index contributed by atoms with van der Waals surface area (Å²) in [7, 11) is 0. The van der Waals surface area contributed by atoms with E-state index in [0.29, 0.717) is 18.0 Å². The van der Waals surface area contributed by atoms with Gasteiger partial charge in [-0.3, -0.25) is 9.59 Å². The van der Waals surface area contributed by atoms with Crippen molar-refractivity contribution in [3.63, 3.8) is 0 Å². The van der Waals surface area contributed by atoms with Gasteiger partial charge in [-0.25, -0.2) is 4.98 Å². The molecule has 0 radical (unpaired) electrons. The molecule has 2 N–H and O–H groups in total. The molecule has 0 saturated carbocycles. The Morgan fingerprint density at radius 1 is 1.41 bits per heavy atom. The van der Waals surface area contributed by atoms with Crippen molar-refractivity contribution < 1.29 is 9.59 Å². The number of thiazole rings is 1. The molecule has 3 rings (SSSR count). The van der Waals surface area contributed by atoms with Gasteiger partial charge >= 0.3 is 0 Å². The van der Waals surface area contributed by atoms with E-state index in [9.17, 15) is 9.59 Å². The van der Waals surface area contributed by atoms with Crippen LogP contribution in [-0.2, 0) is 9.59 Å². The first-order valence-electron chi connectivity index (χ1n) is 7.16. The Bertz CT molecular complexity index is 739. The van der Waals surface area contributed by atoms with Crippen molar-refractivity contribution in [1.29, 1.82) is 0 Å². The summed E-state index contributed by atoms with van der Waals surface area (Å²) in [6, 6.07) is 5.82. The average Bonchev–Trinajstić information content (AvgIpc) is 3.08. The molecule has 1 atom stereocenters. The number of hydrogen-bond acceptors (Lipinski definition) is 4. The Kier molecular flexibility index (Phi) is 3.94. The zero-order chi connectivity index (χ0) is 15.7. The standard InChI is InChI=1S/C16H17N3O2S/c1-9-3-4-11(10(2)7-9)13-8-17-16(22-13)19-15(21)12-5-6-14(20)18-12/h3-4,7-8,12H,5-6H2,1-2H3,(H,18,20)(H,17,19,21)/t12-/m1/s1. The van der Waals surface area contributed by atoms with Gasteiger partial charge in [-0.15, -0.1) is 0 Å². The molecular formula is C16H17N3O2S. The minimum absolute atomic E-state index is 0.0738. The molecule has 0 spiro atoms. The van der Waals surface area contributed by atoms with Gasteiger partial charge in [0.2, 0.25) is 11.8 Å². The van der Waals surface area contributed by atoms with Crippen LogP contribution in [0.2, 0.25) is 0 Å². The van der Waals surface area contributed by atoms with Gasteiger partial charge in [0.15, 0.2) is 5.13 Å². The zero-order valence-electron chi connectivity index (χ0n) is 12.5. The fourth-order valence-corrected chi connectivity index (χ4v) is 3.46. The predicted octanol–water partition coefficient (Wildman–Crippen LogP) is 2.64. The van der Waals surface area contributed by atoms with Gasteiger partial charge in [0, 0.05) is 12.6 Å². The monoisotopic (exact) mass is 315 g/mol. The number of anilines is 1. The molecular weight excluding hydrogens is 298 g/mol. The van der Waals surface area contributed by atoms with Crippen molar-refractivity contribution in [1.82, 2.24) is 10.3 Å². The maximum absolute atomic E-state index is 12.1. The molecule has 1 aliphatic heterocycles. The summed E-state index contributed by atoms with van der Waals surface area (Å²) in [5.41, 5.74) is 3.53. The second-order valence-corrected chi connectivity index (χ2v) is 6.53. The van der Waals surface area contributed by atoms with E-state index in [1.165, 1.54) is 22.5 Å². The maximum atomic E-state index is 12.1. The summed E-state index contributed by atoms with van der Waals surface area (Å²) in [6.07, 6.45) is 2.72. The number of benzene rings is 1. The summed E-state index contributed by atoms with van der Waals surface area (Å²) in [5, 5.41) is 5.99. The van der Waals surface area contributed by atoms with Crippen LogP contribution in [0.5, 0.6) is 0 Å². The number of aromatic nitrogens is 1. The first-order chi connectivity index (χ1) is 10.5. The highest BCUT2D eigenvalue weighted by atomic mass is 32.1. The van der Waals surface area contributed by atoms with Gasteiger partial charge in [0.1, 0.15) is 6.04 Å². The van der Waals surface area contributed by atoms with Crippen LogP contribution in [0.4, 0.5) is 5.13 Å². The van der Waals surface area contributed by atoms with E-state index in [1.807, 2.05) is 0 Å². The van der Waals surface area contributed by atoms with Crippen LogP contribution in [0.15, 0.2) is 24.4 Å². The normalized spacial score (nSPS) is 17.4. The number of hydrogen-bond donors (Lipinski definition) is 2. The third-order valence-electron chi connectivity index (χ3n) is 3.69. The van der Waals surface area contributed by atoms with E-state index < -0.39 is 6.04 Å². The van der Waals surface area contributed by atoms with Crippen molar-refractivity contribution in [3.8, 4) is 10.4 Å². The van der Waals surface area contributed by atoms with Crippen LogP contribution < -0.4 is 10.6 Å². The van der Waals surface area contributed by atoms with Gasteiger partial charge in [-0.05, 0) is 31.4 Å². The lowest BCUT2D eigenvalue weighted by molar-refractivity contribution is -0.122. The number of carbonyl (C=O) groups excluding carboxylic acids is 2. The summed E-state index contributed by atoms with van der Waals surface area (Å²) in [4.78, 5) is 28.5. The third kappa shape index (κ3) is 3.01. The lowest BCUT2D eigenvalue weighted by Gasteiger charge is -2.08. The Hall–Kier alpha value is -2.21. The highest BCUT2D eigenvalue weighted by molar-refractivity contribution is 7.19. The zero-order valence-corrected chi connectivity index (χ0v) is 13.3. The van der Waals surface area contributed by atoms with Crippen molar-refractivity contribution in [2.24, 2.45) is 0 Å². The molecule has 1 aromatic carbocycles. The summed E-state index contributed by atoms with van der Waals surface area (Å²) >= 11 is 1.44. The second kappa shape index (κ2) is 5.88.